The number of aromatic amines is 1. The number of hydrogen-bond acceptors (Lipinski definition) is 4. The molecular weight excluding hydrogens is 218 g/mol. The highest BCUT2D eigenvalue weighted by molar-refractivity contribution is 5.61. The van der Waals surface area contributed by atoms with Crippen LogP contribution in [0.15, 0.2) is 23.0 Å². The average molecular weight is 231 g/mol. The SMILES string of the molecule is COc1nc(-c2cccc(C)c2C)[nH]c(=O)n1. The normalized spacial score (nSPS) is 10.3. The number of hydrogen-bond donors (Lipinski definition) is 1. The van der Waals surface area contributed by atoms with Crippen molar-refractivity contribution in [2.75, 3.05) is 7.11 Å². The van der Waals surface area contributed by atoms with E-state index in [1.807, 2.05) is 32.0 Å². The summed E-state index contributed by atoms with van der Waals surface area (Å²) in [6.07, 6.45) is 0. The Kier molecular flexibility index (Phi) is 2.91. The molecule has 0 aliphatic carbocycles. The van der Waals surface area contributed by atoms with Crippen molar-refractivity contribution >= 4 is 0 Å². The number of H-pyrrole nitrogens is 1. The van der Waals surface area contributed by atoms with Gasteiger partial charge in [0.25, 0.3) is 0 Å². The van der Waals surface area contributed by atoms with E-state index in [4.69, 9.17) is 4.74 Å². The lowest BCUT2D eigenvalue weighted by atomic mass is 10.0. The molecule has 17 heavy (non-hydrogen) atoms. The zero-order valence-electron chi connectivity index (χ0n) is 9.94. The van der Waals surface area contributed by atoms with Crippen molar-refractivity contribution in [3.05, 3.63) is 39.8 Å². The minimum atomic E-state index is -0.465. The summed E-state index contributed by atoms with van der Waals surface area (Å²) in [5.74, 6) is 0.475. The molecule has 1 aromatic carbocycles. The maximum atomic E-state index is 11.4. The lowest BCUT2D eigenvalue weighted by Crippen LogP contribution is -2.14. The molecule has 0 saturated heterocycles. The number of aryl methyl sites for hydroxylation is 1. The monoisotopic (exact) mass is 231 g/mol. The molecule has 2 rings (SSSR count). The van der Waals surface area contributed by atoms with Crippen LogP contribution in [-0.2, 0) is 0 Å². The third-order valence-electron chi connectivity index (χ3n) is 2.67. The number of ether oxygens (including phenoxy) is 1. The average Bonchev–Trinajstić information content (AvgIpc) is 2.31. The highest BCUT2D eigenvalue weighted by atomic mass is 16.5. The van der Waals surface area contributed by atoms with Gasteiger partial charge in [-0.15, -0.1) is 4.98 Å². The molecule has 1 N–H and O–H groups in total. The molecule has 0 aliphatic heterocycles. The Balaban J connectivity index is 2.64. The largest absolute Gasteiger partial charge is 0.467 e. The lowest BCUT2D eigenvalue weighted by molar-refractivity contribution is 0.377. The summed E-state index contributed by atoms with van der Waals surface area (Å²) in [5.41, 5.74) is 2.63. The predicted octanol–water partition coefficient (Wildman–Crippen LogP) is 1.46. The number of rotatable bonds is 2. The van der Waals surface area contributed by atoms with Gasteiger partial charge < -0.3 is 4.74 Å². The maximum Gasteiger partial charge on any atom is 0.351 e. The molecule has 0 aliphatic rings. The van der Waals surface area contributed by atoms with Gasteiger partial charge in [-0.3, -0.25) is 4.98 Å². The summed E-state index contributed by atoms with van der Waals surface area (Å²) in [4.78, 5) is 21.7. The molecule has 0 fully saturated rings. The van der Waals surface area contributed by atoms with Gasteiger partial charge in [-0.05, 0) is 25.0 Å². The quantitative estimate of drug-likeness (QED) is 0.849. The highest BCUT2D eigenvalue weighted by Gasteiger charge is 2.08. The van der Waals surface area contributed by atoms with Crippen LogP contribution in [0.4, 0.5) is 0 Å². The molecular formula is C12H13N3O2. The number of nitrogens with one attached hydrogen (secondary N) is 1. The fourth-order valence-corrected chi connectivity index (χ4v) is 1.59. The molecule has 0 atom stereocenters. The standard InChI is InChI=1S/C12H13N3O2/c1-7-5-4-6-9(8(7)2)10-13-11(16)15-12(14-10)17-3/h4-6H,1-3H3,(H,13,14,15,16). The molecule has 2 aromatic rings. The van der Waals surface area contributed by atoms with Gasteiger partial charge in [0.15, 0.2) is 0 Å². The van der Waals surface area contributed by atoms with E-state index in [2.05, 4.69) is 15.0 Å². The van der Waals surface area contributed by atoms with Crippen LogP contribution >= 0.6 is 0 Å². The van der Waals surface area contributed by atoms with Crippen molar-refractivity contribution in [1.82, 2.24) is 15.0 Å². The highest BCUT2D eigenvalue weighted by Crippen LogP contribution is 2.21. The fraction of sp³-hybridized carbons (Fsp3) is 0.250. The van der Waals surface area contributed by atoms with E-state index in [1.165, 1.54) is 7.11 Å². The number of nitrogens with zero attached hydrogens (tertiary/aromatic N) is 2. The fourth-order valence-electron chi connectivity index (χ4n) is 1.59. The topological polar surface area (TPSA) is 67.9 Å². The molecule has 88 valence electrons. The summed E-state index contributed by atoms with van der Waals surface area (Å²) in [7, 11) is 1.43. The summed E-state index contributed by atoms with van der Waals surface area (Å²) >= 11 is 0. The first-order chi connectivity index (χ1) is 8.11. The van der Waals surface area contributed by atoms with Crippen LogP contribution in [-0.4, -0.2) is 22.1 Å². The zero-order valence-corrected chi connectivity index (χ0v) is 9.94. The van der Waals surface area contributed by atoms with Crippen LogP contribution in [0.25, 0.3) is 11.4 Å². The smallest absolute Gasteiger partial charge is 0.351 e. The number of benzene rings is 1. The van der Waals surface area contributed by atoms with Gasteiger partial charge in [0.2, 0.25) is 0 Å². The van der Waals surface area contributed by atoms with Crippen LogP contribution in [0.1, 0.15) is 11.1 Å². The molecule has 0 amide bonds. The van der Waals surface area contributed by atoms with Crippen LogP contribution in [0.3, 0.4) is 0 Å². The lowest BCUT2D eigenvalue weighted by Gasteiger charge is -2.07. The van der Waals surface area contributed by atoms with Gasteiger partial charge in [0.1, 0.15) is 5.82 Å². The Morgan fingerprint density at radius 1 is 1.24 bits per heavy atom. The van der Waals surface area contributed by atoms with Gasteiger partial charge in [0, 0.05) is 5.56 Å². The van der Waals surface area contributed by atoms with E-state index in [0.717, 1.165) is 16.7 Å². The molecule has 0 bridgehead atoms. The van der Waals surface area contributed by atoms with Crippen molar-refractivity contribution in [2.24, 2.45) is 0 Å². The second-order valence-corrected chi connectivity index (χ2v) is 3.74. The third kappa shape index (κ3) is 2.18. The summed E-state index contributed by atoms with van der Waals surface area (Å²) < 4.78 is 4.89. The zero-order chi connectivity index (χ0) is 12.4. The summed E-state index contributed by atoms with van der Waals surface area (Å²) in [6.45, 7) is 3.99. The minimum Gasteiger partial charge on any atom is -0.467 e. The van der Waals surface area contributed by atoms with Crippen molar-refractivity contribution < 1.29 is 4.74 Å². The Morgan fingerprint density at radius 2 is 2.00 bits per heavy atom. The first kappa shape index (κ1) is 11.3. The van der Waals surface area contributed by atoms with E-state index >= 15 is 0 Å². The molecule has 0 unspecified atom stereocenters. The van der Waals surface area contributed by atoms with E-state index in [0.29, 0.717) is 5.82 Å². The van der Waals surface area contributed by atoms with Gasteiger partial charge >= 0.3 is 11.7 Å². The summed E-state index contributed by atoms with van der Waals surface area (Å²) in [5, 5.41) is 0. The van der Waals surface area contributed by atoms with Crippen LogP contribution in [0, 0.1) is 13.8 Å². The van der Waals surface area contributed by atoms with E-state index in [1.54, 1.807) is 0 Å². The Morgan fingerprint density at radius 3 is 2.71 bits per heavy atom. The molecule has 0 spiro atoms. The molecule has 0 saturated carbocycles. The van der Waals surface area contributed by atoms with Crippen molar-refractivity contribution in [3.8, 4) is 17.4 Å². The number of methoxy groups -OCH3 is 1. The van der Waals surface area contributed by atoms with Gasteiger partial charge in [0.05, 0.1) is 7.11 Å². The first-order valence-corrected chi connectivity index (χ1v) is 5.20. The Labute approximate surface area is 98.5 Å². The van der Waals surface area contributed by atoms with Gasteiger partial charge in [-0.25, -0.2) is 4.79 Å². The molecule has 5 heteroatoms. The van der Waals surface area contributed by atoms with Crippen molar-refractivity contribution in [3.63, 3.8) is 0 Å². The van der Waals surface area contributed by atoms with Gasteiger partial charge in [-0.1, -0.05) is 18.2 Å². The first-order valence-electron chi connectivity index (χ1n) is 5.20. The van der Waals surface area contributed by atoms with Gasteiger partial charge in [-0.2, -0.15) is 4.98 Å². The molecule has 0 radical (unpaired) electrons. The van der Waals surface area contributed by atoms with E-state index in [9.17, 15) is 4.79 Å². The van der Waals surface area contributed by atoms with Crippen LogP contribution in [0.2, 0.25) is 0 Å². The predicted molar refractivity (Wildman–Crippen MR) is 64.1 cm³/mol. The van der Waals surface area contributed by atoms with Crippen LogP contribution in [0.5, 0.6) is 6.01 Å². The van der Waals surface area contributed by atoms with E-state index < -0.39 is 5.69 Å². The maximum absolute atomic E-state index is 11.4. The minimum absolute atomic E-state index is 0.0738. The molecule has 5 nitrogen and oxygen atoms in total. The number of aromatic nitrogens is 3. The van der Waals surface area contributed by atoms with Crippen molar-refractivity contribution in [2.45, 2.75) is 13.8 Å². The Hall–Kier alpha value is -2.17. The second kappa shape index (κ2) is 4.37. The summed E-state index contributed by atoms with van der Waals surface area (Å²) in [6, 6.07) is 5.91. The van der Waals surface area contributed by atoms with E-state index in [-0.39, 0.29) is 6.01 Å². The third-order valence-corrected chi connectivity index (χ3v) is 2.67. The van der Waals surface area contributed by atoms with Crippen LogP contribution < -0.4 is 10.4 Å². The second-order valence-electron chi connectivity index (χ2n) is 3.74. The Bertz CT molecular complexity index is 605. The molecule has 1 aromatic heterocycles. The van der Waals surface area contributed by atoms with Crippen molar-refractivity contribution in [1.29, 1.82) is 0 Å². The molecule has 1 heterocycles.